The molecule has 1 saturated heterocycles. The minimum atomic E-state index is -1.22. The Bertz CT molecular complexity index is 2200. The van der Waals surface area contributed by atoms with E-state index in [4.69, 9.17) is 24.6 Å². The third-order valence-electron chi connectivity index (χ3n) is 10.5. The van der Waals surface area contributed by atoms with Gasteiger partial charge < -0.3 is 35.0 Å². The van der Waals surface area contributed by atoms with E-state index in [1.807, 2.05) is 26.8 Å². The fourth-order valence-electron chi connectivity index (χ4n) is 7.30. The zero-order chi connectivity index (χ0) is 39.5. The van der Waals surface area contributed by atoms with Crippen LogP contribution in [0.4, 0.5) is 0 Å². The average Bonchev–Trinajstić information content (AvgIpc) is 3.72. The number of carbonyl (C=O) groups excluding carboxylic acids is 3. The Hall–Kier alpha value is -6.22. The molecule has 5 rings (SSSR count). The quantitative estimate of drug-likeness (QED) is 0.141. The first-order chi connectivity index (χ1) is 25.7. The Kier molecular flexibility index (Phi) is 11.4. The molecule has 0 spiro atoms. The van der Waals surface area contributed by atoms with Gasteiger partial charge in [0.25, 0.3) is 0 Å². The molecule has 1 aromatic rings. The Balaban J connectivity index is 1.83. The molecule has 0 saturated carbocycles. The SMILES string of the molecule is C=C/C1=C(\C)C(=N)/C=C2\N/C(=C\C3=NC(=C\c4[nH]c(c(C)c4CCC(=O)OC)CC#C1)/C(CCC(=O)O)=C3C)[C@]1(C)C2=CC=C(C(=O)OC)[C@@H]1C(=O)OC. The summed E-state index contributed by atoms with van der Waals surface area (Å²) in [6, 6.07) is 0. The third-order valence-corrected chi connectivity index (χ3v) is 10.5. The van der Waals surface area contributed by atoms with Gasteiger partial charge in [0.05, 0.1) is 49.4 Å². The number of carboxylic acid groups (broad SMARTS) is 1. The van der Waals surface area contributed by atoms with E-state index in [1.54, 1.807) is 37.3 Å². The highest BCUT2D eigenvalue weighted by Gasteiger charge is 2.55. The maximum absolute atomic E-state index is 13.7. The maximum atomic E-state index is 13.7. The highest BCUT2D eigenvalue weighted by molar-refractivity contribution is 6.13. The fourth-order valence-corrected chi connectivity index (χ4v) is 7.30. The number of methoxy groups -OCH3 is 3. The molecular formula is C42H44N4O8. The minimum Gasteiger partial charge on any atom is -0.481 e. The van der Waals surface area contributed by atoms with Gasteiger partial charge in [-0.2, -0.15) is 0 Å². The van der Waals surface area contributed by atoms with E-state index in [1.165, 1.54) is 21.3 Å². The number of aromatic nitrogens is 1. The summed E-state index contributed by atoms with van der Waals surface area (Å²) in [6.45, 7) is 11.4. The number of allylic oxidation sites excluding steroid dienone is 11. The lowest BCUT2D eigenvalue weighted by Crippen LogP contribution is -2.41. The Labute approximate surface area is 314 Å². The lowest BCUT2D eigenvalue weighted by molar-refractivity contribution is -0.150. The molecule has 12 nitrogen and oxygen atoms in total. The van der Waals surface area contributed by atoms with Crippen LogP contribution in [0.15, 0.2) is 92.5 Å². The highest BCUT2D eigenvalue weighted by Crippen LogP contribution is 2.54. The van der Waals surface area contributed by atoms with Gasteiger partial charge in [-0.25, -0.2) is 9.79 Å². The number of carboxylic acids is 1. The van der Waals surface area contributed by atoms with Crippen LogP contribution in [-0.4, -0.2) is 66.7 Å². The van der Waals surface area contributed by atoms with E-state index in [2.05, 4.69) is 28.7 Å². The van der Waals surface area contributed by atoms with Crippen LogP contribution >= 0.6 is 0 Å². The maximum Gasteiger partial charge on any atom is 0.334 e. The van der Waals surface area contributed by atoms with Crippen molar-refractivity contribution < 1.29 is 38.5 Å². The highest BCUT2D eigenvalue weighted by atomic mass is 16.5. The van der Waals surface area contributed by atoms with Gasteiger partial charge >= 0.3 is 23.9 Å². The fraction of sp³-hybridized carbons (Fsp3) is 0.333. The van der Waals surface area contributed by atoms with Crippen molar-refractivity contribution in [2.45, 2.75) is 59.8 Å². The third kappa shape index (κ3) is 7.22. The van der Waals surface area contributed by atoms with Crippen molar-refractivity contribution in [2.24, 2.45) is 16.3 Å². The van der Waals surface area contributed by atoms with Crippen molar-refractivity contribution in [3.05, 3.63) is 110 Å². The number of hydrogen-bond donors (Lipinski definition) is 4. The molecule has 54 heavy (non-hydrogen) atoms. The van der Waals surface area contributed by atoms with Crippen LogP contribution in [0.2, 0.25) is 0 Å². The van der Waals surface area contributed by atoms with E-state index >= 15 is 0 Å². The molecule has 4 aliphatic rings. The van der Waals surface area contributed by atoms with Gasteiger partial charge in [-0.15, -0.1) is 0 Å². The number of rotatable bonds is 9. The normalized spacial score (nSPS) is 24.9. The van der Waals surface area contributed by atoms with Gasteiger partial charge in [0, 0.05) is 47.6 Å². The molecule has 280 valence electrons. The van der Waals surface area contributed by atoms with Crippen molar-refractivity contribution >= 4 is 41.4 Å². The summed E-state index contributed by atoms with van der Waals surface area (Å²) in [4.78, 5) is 59.3. The number of aliphatic carboxylic acids is 1. The molecule has 4 heterocycles. The number of hydrogen-bond acceptors (Lipinski definition) is 10. The van der Waals surface area contributed by atoms with Crippen molar-refractivity contribution in [3.63, 3.8) is 0 Å². The second-order valence-corrected chi connectivity index (χ2v) is 13.4. The smallest absolute Gasteiger partial charge is 0.334 e. The van der Waals surface area contributed by atoms with Crippen molar-refractivity contribution in [2.75, 3.05) is 21.3 Å². The van der Waals surface area contributed by atoms with E-state index in [-0.39, 0.29) is 36.5 Å². The number of carbonyl (C=O) groups is 4. The summed E-state index contributed by atoms with van der Waals surface area (Å²) in [6.07, 6.45) is 11.1. The van der Waals surface area contributed by atoms with Gasteiger partial charge in [-0.3, -0.25) is 14.4 Å². The summed E-state index contributed by atoms with van der Waals surface area (Å²) >= 11 is 0. The molecule has 6 bridgehead atoms. The first-order valence-electron chi connectivity index (χ1n) is 17.4. The molecule has 0 aromatic carbocycles. The zero-order valence-corrected chi connectivity index (χ0v) is 31.5. The van der Waals surface area contributed by atoms with Crippen LogP contribution in [0, 0.1) is 35.5 Å². The monoisotopic (exact) mass is 732 g/mol. The molecule has 1 fully saturated rings. The number of aromatic amines is 1. The topological polar surface area (TPSA) is 180 Å². The Morgan fingerprint density at radius 3 is 2.43 bits per heavy atom. The van der Waals surface area contributed by atoms with Crippen molar-refractivity contribution in [1.29, 1.82) is 5.41 Å². The molecule has 0 unspecified atom stereocenters. The zero-order valence-electron chi connectivity index (χ0n) is 31.5. The molecule has 1 aliphatic carbocycles. The molecule has 12 heteroatoms. The van der Waals surface area contributed by atoms with Crippen LogP contribution < -0.4 is 5.32 Å². The summed E-state index contributed by atoms with van der Waals surface area (Å²) < 4.78 is 15.3. The number of ether oxygens (including phenoxy) is 3. The van der Waals surface area contributed by atoms with E-state index in [9.17, 15) is 24.3 Å². The number of H-pyrrole nitrogens is 1. The first-order valence-corrected chi connectivity index (χ1v) is 17.4. The predicted octanol–water partition coefficient (Wildman–Crippen LogP) is 5.69. The van der Waals surface area contributed by atoms with E-state index < -0.39 is 29.2 Å². The summed E-state index contributed by atoms with van der Waals surface area (Å²) in [5, 5.41) is 22.2. The van der Waals surface area contributed by atoms with Crippen LogP contribution in [0.1, 0.15) is 62.5 Å². The molecule has 3 aliphatic heterocycles. The number of esters is 3. The van der Waals surface area contributed by atoms with Gasteiger partial charge in [0.15, 0.2) is 0 Å². The van der Waals surface area contributed by atoms with Crippen LogP contribution in [0.5, 0.6) is 0 Å². The minimum absolute atomic E-state index is 0.0964. The number of nitrogens with one attached hydrogen (secondary N) is 3. The van der Waals surface area contributed by atoms with Gasteiger partial charge in [0.2, 0.25) is 0 Å². The molecule has 0 amide bonds. The van der Waals surface area contributed by atoms with Crippen LogP contribution in [-0.2, 0) is 46.2 Å². The number of aliphatic imine (C=N–C) groups is 1. The second-order valence-electron chi connectivity index (χ2n) is 13.4. The van der Waals surface area contributed by atoms with Gasteiger partial charge in [-0.1, -0.05) is 36.6 Å². The van der Waals surface area contributed by atoms with Crippen LogP contribution in [0.25, 0.3) is 6.08 Å². The van der Waals surface area contributed by atoms with E-state index in [0.29, 0.717) is 63.6 Å². The summed E-state index contributed by atoms with van der Waals surface area (Å²) in [7, 11) is 3.84. The van der Waals surface area contributed by atoms with Gasteiger partial charge in [0.1, 0.15) is 5.92 Å². The lowest BCUT2D eigenvalue weighted by Gasteiger charge is -2.36. The molecule has 2 atom stereocenters. The summed E-state index contributed by atoms with van der Waals surface area (Å²) in [5.41, 5.74) is 7.59. The van der Waals surface area contributed by atoms with Crippen molar-refractivity contribution in [3.8, 4) is 11.8 Å². The summed E-state index contributed by atoms with van der Waals surface area (Å²) in [5.74, 6) is 2.56. The first kappa shape index (κ1) is 39.0. The number of nitrogens with zero attached hydrogens (tertiary/aromatic N) is 1. The molecular weight excluding hydrogens is 688 g/mol. The van der Waals surface area contributed by atoms with Crippen molar-refractivity contribution in [1.82, 2.24) is 10.3 Å². The Morgan fingerprint density at radius 1 is 1.04 bits per heavy atom. The van der Waals surface area contributed by atoms with Crippen LogP contribution in [0.3, 0.4) is 0 Å². The predicted molar refractivity (Wildman–Crippen MR) is 204 cm³/mol. The van der Waals surface area contributed by atoms with Gasteiger partial charge in [-0.05, 0) is 92.2 Å². The average molecular weight is 733 g/mol. The number of fused-ring (bicyclic) bond motifs is 8. The lowest BCUT2D eigenvalue weighted by atomic mass is 9.64. The molecule has 0 radical (unpaired) electrons. The standard InChI is InChI=1S/C42H44N4O8/c1-9-25-11-10-12-31-23(3)27(15-18-38(49)52-6)33(44-31)20-34-26(14-17-37(47)48)24(4)32(45-34)21-36-42(5)29(35(46-36)19-30(43)22(25)2)16-13-28(40(50)53-7)39(42)41(51)54-8/h9,13,16,19-21,39,43-44,46H,1,12,14-15,17-18H2,2-8H3,(H,47,48)/b25-22-,34-20-,35-19-,36-21-,43-30?/t39-,42+/m1/s1. The largest absolute Gasteiger partial charge is 0.481 e. The molecule has 1 aromatic heterocycles. The van der Waals surface area contributed by atoms with E-state index in [0.717, 1.165) is 22.4 Å². The second kappa shape index (κ2) is 15.8. The molecule has 4 N–H and O–H groups in total. The Morgan fingerprint density at radius 2 is 1.78 bits per heavy atom.